The lowest BCUT2D eigenvalue weighted by Gasteiger charge is -2.34. The number of amides is 1. The first-order valence-corrected chi connectivity index (χ1v) is 8.61. The first-order valence-electron chi connectivity index (χ1n) is 8.23. The third-order valence-corrected chi connectivity index (χ3v) is 4.75. The van der Waals surface area contributed by atoms with E-state index in [4.69, 9.17) is 11.6 Å². The molecule has 7 nitrogen and oxygen atoms in total. The van der Waals surface area contributed by atoms with Gasteiger partial charge in [0.2, 0.25) is 0 Å². The van der Waals surface area contributed by atoms with E-state index >= 15 is 0 Å². The Morgan fingerprint density at radius 3 is 3.12 bits per heavy atom. The molecule has 1 atom stereocenters. The average Bonchev–Trinajstić information content (AvgIpc) is 2.91. The van der Waals surface area contributed by atoms with Crippen molar-refractivity contribution in [2.75, 3.05) is 26.2 Å². The minimum Gasteiger partial charge on any atom is -0.395 e. The van der Waals surface area contributed by atoms with Crippen molar-refractivity contribution in [3.05, 3.63) is 28.7 Å². The maximum absolute atomic E-state index is 12.3. The molecular formula is C16H22ClN5O2. The molecule has 1 fully saturated rings. The average molecular weight is 352 g/mol. The maximum atomic E-state index is 12.3. The van der Waals surface area contributed by atoms with Crippen LogP contribution >= 0.6 is 11.6 Å². The molecule has 0 saturated carbocycles. The molecular weight excluding hydrogens is 330 g/mol. The largest absolute Gasteiger partial charge is 0.395 e. The number of aromatic nitrogens is 3. The maximum Gasteiger partial charge on any atom is 0.273 e. The summed E-state index contributed by atoms with van der Waals surface area (Å²) in [7, 11) is 0. The van der Waals surface area contributed by atoms with Crippen LogP contribution < -0.4 is 5.32 Å². The number of carbonyl (C=O) groups excluding carboxylic acids is 1. The Labute approximate surface area is 145 Å². The molecule has 1 saturated heterocycles. The molecule has 0 radical (unpaired) electrons. The highest BCUT2D eigenvalue weighted by Gasteiger charge is 2.22. The number of fused-ring (bicyclic) bond motifs is 1. The summed E-state index contributed by atoms with van der Waals surface area (Å²) in [6.07, 6.45) is 6.76. The van der Waals surface area contributed by atoms with Gasteiger partial charge in [-0.15, -0.1) is 0 Å². The quantitative estimate of drug-likeness (QED) is 0.847. The SMILES string of the molecule is Cc1cnc2c(Cl)c(C(=O)NCCN3CCCC[C@@H]3CO)nn2c1. The second kappa shape index (κ2) is 7.46. The number of hydrogen-bond donors (Lipinski definition) is 2. The van der Waals surface area contributed by atoms with Gasteiger partial charge in [0.25, 0.3) is 5.91 Å². The third-order valence-electron chi connectivity index (χ3n) is 4.40. The molecule has 2 N–H and O–H groups in total. The van der Waals surface area contributed by atoms with E-state index in [1.165, 1.54) is 4.52 Å². The van der Waals surface area contributed by atoms with Crippen molar-refractivity contribution in [3.63, 3.8) is 0 Å². The minimum atomic E-state index is -0.305. The number of likely N-dealkylation sites (tertiary alicyclic amines) is 1. The Morgan fingerprint density at radius 2 is 2.33 bits per heavy atom. The molecule has 0 bridgehead atoms. The molecule has 8 heteroatoms. The van der Waals surface area contributed by atoms with Crippen molar-refractivity contribution in [1.29, 1.82) is 0 Å². The highest BCUT2D eigenvalue weighted by molar-refractivity contribution is 6.36. The van der Waals surface area contributed by atoms with Crippen LogP contribution in [0.5, 0.6) is 0 Å². The zero-order valence-electron chi connectivity index (χ0n) is 13.7. The first-order chi connectivity index (χ1) is 11.6. The number of nitrogens with zero attached hydrogens (tertiary/aromatic N) is 4. The van der Waals surface area contributed by atoms with E-state index < -0.39 is 0 Å². The number of aryl methyl sites for hydroxylation is 1. The van der Waals surface area contributed by atoms with Gasteiger partial charge < -0.3 is 10.4 Å². The number of aliphatic hydroxyl groups excluding tert-OH is 1. The number of nitrogens with one attached hydrogen (secondary N) is 1. The molecule has 0 aliphatic carbocycles. The Hall–Kier alpha value is -1.70. The second-order valence-corrected chi connectivity index (χ2v) is 6.56. The van der Waals surface area contributed by atoms with Crippen molar-refractivity contribution in [2.45, 2.75) is 32.2 Å². The van der Waals surface area contributed by atoms with E-state index in [0.717, 1.165) is 31.4 Å². The van der Waals surface area contributed by atoms with Gasteiger partial charge in [0.15, 0.2) is 11.3 Å². The summed E-state index contributed by atoms with van der Waals surface area (Å²) in [4.78, 5) is 18.8. The zero-order valence-corrected chi connectivity index (χ0v) is 14.5. The summed E-state index contributed by atoms with van der Waals surface area (Å²) in [5.41, 5.74) is 1.60. The van der Waals surface area contributed by atoms with Crippen LogP contribution in [0.2, 0.25) is 5.02 Å². The Bertz CT molecular complexity index is 733. The summed E-state index contributed by atoms with van der Waals surface area (Å²) < 4.78 is 1.53. The molecule has 2 aromatic heterocycles. The zero-order chi connectivity index (χ0) is 17.1. The number of hydrogen-bond acceptors (Lipinski definition) is 5. The summed E-state index contributed by atoms with van der Waals surface area (Å²) in [6.45, 7) is 4.22. The molecule has 3 heterocycles. The second-order valence-electron chi connectivity index (χ2n) is 6.19. The first kappa shape index (κ1) is 17.1. The standard InChI is InChI=1S/C16H22ClN5O2/c1-11-8-19-15-13(17)14(20-22(15)9-11)16(24)18-5-7-21-6-3-2-4-12(21)10-23/h8-9,12,23H,2-7,10H2,1H3,(H,18,24)/t12-/m1/s1. The highest BCUT2D eigenvalue weighted by Crippen LogP contribution is 2.20. The van der Waals surface area contributed by atoms with Gasteiger partial charge in [-0.1, -0.05) is 18.0 Å². The van der Waals surface area contributed by atoms with Gasteiger partial charge in [-0.25, -0.2) is 9.50 Å². The molecule has 24 heavy (non-hydrogen) atoms. The monoisotopic (exact) mass is 351 g/mol. The smallest absolute Gasteiger partial charge is 0.273 e. The lowest BCUT2D eigenvalue weighted by Crippen LogP contribution is -2.45. The van der Waals surface area contributed by atoms with Gasteiger partial charge in [0.05, 0.1) is 6.61 Å². The van der Waals surface area contributed by atoms with Crippen LogP contribution in [0.3, 0.4) is 0 Å². The Morgan fingerprint density at radius 1 is 1.50 bits per heavy atom. The lowest BCUT2D eigenvalue weighted by molar-refractivity contribution is 0.0846. The van der Waals surface area contributed by atoms with E-state index in [0.29, 0.717) is 18.7 Å². The van der Waals surface area contributed by atoms with Crippen molar-refractivity contribution in [3.8, 4) is 0 Å². The number of carbonyl (C=O) groups is 1. The van der Waals surface area contributed by atoms with Crippen molar-refractivity contribution in [1.82, 2.24) is 24.8 Å². The van der Waals surface area contributed by atoms with E-state index in [-0.39, 0.29) is 29.3 Å². The molecule has 0 spiro atoms. The number of halogens is 1. The number of piperidine rings is 1. The van der Waals surface area contributed by atoms with Crippen LogP contribution in [0.1, 0.15) is 35.3 Å². The molecule has 1 amide bonds. The predicted octanol–water partition coefficient (Wildman–Crippen LogP) is 1.27. The molecule has 0 unspecified atom stereocenters. The van der Waals surface area contributed by atoms with Crippen LogP contribution in [-0.4, -0.2) is 62.8 Å². The van der Waals surface area contributed by atoms with Gasteiger partial charge in [0.1, 0.15) is 5.02 Å². The summed E-state index contributed by atoms with van der Waals surface area (Å²) in [6, 6.07) is 0.196. The van der Waals surface area contributed by atoms with Gasteiger partial charge in [-0.2, -0.15) is 5.10 Å². The Kier molecular flexibility index (Phi) is 5.33. The van der Waals surface area contributed by atoms with E-state index in [9.17, 15) is 9.90 Å². The van der Waals surface area contributed by atoms with Gasteiger partial charge in [0, 0.05) is 31.5 Å². The van der Waals surface area contributed by atoms with Crippen LogP contribution in [0.4, 0.5) is 0 Å². The van der Waals surface area contributed by atoms with E-state index in [1.807, 2.05) is 6.92 Å². The molecule has 3 rings (SSSR count). The van der Waals surface area contributed by atoms with Crippen LogP contribution in [-0.2, 0) is 0 Å². The number of aliphatic hydroxyl groups is 1. The minimum absolute atomic E-state index is 0.164. The molecule has 1 aliphatic rings. The highest BCUT2D eigenvalue weighted by atomic mass is 35.5. The normalized spacial score (nSPS) is 18.9. The van der Waals surface area contributed by atoms with E-state index in [2.05, 4.69) is 20.3 Å². The van der Waals surface area contributed by atoms with Gasteiger partial charge in [-0.05, 0) is 31.9 Å². The van der Waals surface area contributed by atoms with Crippen LogP contribution in [0, 0.1) is 6.92 Å². The van der Waals surface area contributed by atoms with E-state index in [1.54, 1.807) is 12.4 Å². The van der Waals surface area contributed by atoms with Crippen LogP contribution in [0.15, 0.2) is 12.4 Å². The van der Waals surface area contributed by atoms with Crippen LogP contribution in [0.25, 0.3) is 5.65 Å². The topological polar surface area (TPSA) is 82.8 Å². The fraction of sp³-hybridized carbons (Fsp3) is 0.562. The fourth-order valence-corrected chi connectivity index (χ4v) is 3.36. The third kappa shape index (κ3) is 3.53. The van der Waals surface area contributed by atoms with Gasteiger partial charge in [-0.3, -0.25) is 9.69 Å². The molecule has 1 aliphatic heterocycles. The molecule has 130 valence electrons. The summed E-state index contributed by atoms with van der Waals surface area (Å²) >= 11 is 6.23. The predicted molar refractivity (Wildman–Crippen MR) is 91.4 cm³/mol. The molecule has 2 aromatic rings. The Balaban J connectivity index is 1.62. The van der Waals surface area contributed by atoms with Gasteiger partial charge >= 0.3 is 0 Å². The van der Waals surface area contributed by atoms with Crippen molar-refractivity contribution >= 4 is 23.2 Å². The summed E-state index contributed by atoms with van der Waals surface area (Å²) in [5, 5.41) is 16.8. The van der Waals surface area contributed by atoms with Crippen molar-refractivity contribution in [2.24, 2.45) is 0 Å². The number of rotatable bonds is 5. The summed E-state index contributed by atoms with van der Waals surface area (Å²) in [5.74, 6) is -0.305. The lowest BCUT2D eigenvalue weighted by atomic mass is 10.0. The van der Waals surface area contributed by atoms with Crippen molar-refractivity contribution < 1.29 is 9.90 Å². The molecule has 0 aromatic carbocycles. The fourth-order valence-electron chi connectivity index (χ4n) is 3.10.